The Morgan fingerprint density at radius 2 is 1.80 bits per heavy atom. The highest BCUT2D eigenvalue weighted by atomic mass is 19.1. The maximum atomic E-state index is 13.6. The van der Waals surface area contributed by atoms with E-state index in [1.807, 2.05) is 13.8 Å². The Hall–Kier alpha value is -2.78. The highest BCUT2D eigenvalue weighted by molar-refractivity contribution is 5.94. The maximum absolute atomic E-state index is 13.6. The minimum atomic E-state index is -1.15. The number of amides is 1. The van der Waals surface area contributed by atoms with Gasteiger partial charge in [0.25, 0.3) is 5.91 Å². The summed E-state index contributed by atoms with van der Waals surface area (Å²) < 4.78 is 15.2. The first-order chi connectivity index (χ1) is 16.7. The standard InChI is InChI=1S/C26H36FN3O5/c1-16(2)24-22(12-11-20(31)13-21(32)14-23(33)34)30(19-9-7-18(27)8-10-19)29-25(24)26(35)28-15-17-5-3-4-6-17/h7-10,16-17,20-21,31-32H,3-6,11-15H2,1-2H3,(H,28,35)(H,33,34). The molecular weight excluding hydrogens is 453 g/mol. The van der Waals surface area contributed by atoms with Crippen molar-refractivity contribution in [2.45, 2.75) is 83.3 Å². The third-order valence-electron chi connectivity index (χ3n) is 6.58. The van der Waals surface area contributed by atoms with E-state index in [9.17, 15) is 24.2 Å². The zero-order valence-corrected chi connectivity index (χ0v) is 20.4. The van der Waals surface area contributed by atoms with E-state index in [0.29, 0.717) is 30.3 Å². The highest BCUT2D eigenvalue weighted by Gasteiger charge is 2.27. The third-order valence-corrected chi connectivity index (χ3v) is 6.58. The van der Waals surface area contributed by atoms with Crippen molar-refractivity contribution in [3.05, 3.63) is 47.0 Å². The number of hydrogen-bond acceptors (Lipinski definition) is 5. The second kappa shape index (κ2) is 12.3. The van der Waals surface area contributed by atoms with Gasteiger partial charge in [-0.15, -0.1) is 0 Å². The van der Waals surface area contributed by atoms with Crippen molar-refractivity contribution < 1.29 is 29.3 Å². The van der Waals surface area contributed by atoms with Gasteiger partial charge in [0.1, 0.15) is 5.82 Å². The topological polar surface area (TPSA) is 125 Å². The van der Waals surface area contributed by atoms with Gasteiger partial charge in [-0.25, -0.2) is 9.07 Å². The first-order valence-electron chi connectivity index (χ1n) is 12.4. The molecule has 0 bridgehead atoms. The Labute approximate surface area is 205 Å². The van der Waals surface area contributed by atoms with E-state index in [1.165, 1.54) is 25.0 Å². The van der Waals surface area contributed by atoms with Gasteiger partial charge in [0.2, 0.25) is 0 Å². The number of aliphatic hydroxyl groups is 2. The van der Waals surface area contributed by atoms with Crippen LogP contribution < -0.4 is 5.32 Å². The molecule has 2 aromatic rings. The van der Waals surface area contributed by atoms with Crippen LogP contribution in [-0.2, 0) is 11.2 Å². The molecule has 0 radical (unpaired) electrons. The fourth-order valence-electron chi connectivity index (χ4n) is 4.83. The molecular formula is C26H36FN3O5. The Balaban J connectivity index is 1.87. The monoisotopic (exact) mass is 489 g/mol. The number of aliphatic carboxylic acids is 1. The number of aliphatic hydroxyl groups excluding tert-OH is 2. The smallest absolute Gasteiger partial charge is 0.305 e. The minimum Gasteiger partial charge on any atom is -0.481 e. The average molecular weight is 490 g/mol. The zero-order valence-electron chi connectivity index (χ0n) is 20.4. The minimum absolute atomic E-state index is 0.0406. The quantitative estimate of drug-likeness (QED) is 0.361. The van der Waals surface area contributed by atoms with Crippen molar-refractivity contribution >= 4 is 11.9 Å². The summed E-state index contributed by atoms with van der Waals surface area (Å²) in [6, 6.07) is 5.83. The molecule has 0 saturated heterocycles. The van der Waals surface area contributed by atoms with Crippen LogP contribution >= 0.6 is 0 Å². The summed E-state index contributed by atoms with van der Waals surface area (Å²) in [5, 5.41) is 36.8. The normalized spacial score (nSPS) is 15.9. The van der Waals surface area contributed by atoms with Crippen molar-refractivity contribution in [3.8, 4) is 5.69 Å². The molecule has 1 fully saturated rings. The Kier molecular flexibility index (Phi) is 9.40. The van der Waals surface area contributed by atoms with Crippen LogP contribution in [0.3, 0.4) is 0 Å². The number of nitrogens with one attached hydrogen (secondary N) is 1. The molecule has 1 aliphatic carbocycles. The third kappa shape index (κ3) is 7.35. The molecule has 1 amide bonds. The molecule has 1 aromatic carbocycles. The molecule has 2 atom stereocenters. The zero-order chi connectivity index (χ0) is 25.5. The summed E-state index contributed by atoms with van der Waals surface area (Å²) in [6.07, 6.45) is 2.59. The van der Waals surface area contributed by atoms with Gasteiger partial charge in [0, 0.05) is 17.8 Å². The highest BCUT2D eigenvalue weighted by Crippen LogP contribution is 2.29. The van der Waals surface area contributed by atoms with Crippen LogP contribution in [0.15, 0.2) is 24.3 Å². The molecule has 0 aliphatic heterocycles. The van der Waals surface area contributed by atoms with Crippen LogP contribution in [0.4, 0.5) is 4.39 Å². The molecule has 1 aliphatic rings. The van der Waals surface area contributed by atoms with Crippen molar-refractivity contribution in [1.29, 1.82) is 0 Å². The number of carboxylic acid groups (broad SMARTS) is 1. The van der Waals surface area contributed by atoms with E-state index in [0.717, 1.165) is 24.1 Å². The van der Waals surface area contributed by atoms with Gasteiger partial charge in [0.05, 0.1) is 24.3 Å². The first-order valence-corrected chi connectivity index (χ1v) is 12.4. The SMILES string of the molecule is CC(C)c1c(C(=O)NCC2CCCC2)nn(-c2ccc(F)cc2)c1CCC(O)CC(O)CC(=O)O. The fraction of sp³-hybridized carbons (Fsp3) is 0.577. The number of carbonyl (C=O) groups is 2. The summed E-state index contributed by atoms with van der Waals surface area (Å²) in [6.45, 7) is 4.54. The number of nitrogens with zero attached hydrogens (tertiary/aromatic N) is 2. The van der Waals surface area contributed by atoms with E-state index < -0.39 is 24.6 Å². The Bertz CT molecular complexity index is 999. The number of aromatic nitrogens is 2. The van der Waals surface area contributed by atoms with Gasteiger partial charge in [-0.1, -0.05) is 26.7 Å². The van der Waals surface area contributed by atoms with Gasteiger partial charge in [0.15, 0.2) is 5.69 Å². The van der Waals surface area contributed by atoms with Gasteiger partial charge >= 0.3 is 5.97 Å². The second-order valence-corrected chi connectivity index (χ2v) is 9.79. The maximum Gasteiger partial charge on any atom is 0.305 e. The second-order valence-electron chi connectivity index (χ2n) is 9.79. The molecule has 1 heterocycles. The van der Waals surface area contributed by atoms with Crippen LogP contribution in [0, 0.1) is 11.7 Å². The number of halogens is 1. The lowest BCUT2D eigenvalue weighted by Gasteiger charge is -2.17. The molecule has 3 rings (SSSR count). The van der Waals surface area contributed by atoms with Crippen LogP contribution in [0.5, 0.6) is 0 Å². The van der Waals surface area contributed by atoms with Gasteiger partial charge in [-0.05, 0) is 68.2 Å². The average Bonchev–Trinajstić information content (AvgIpc) is 3.44. The molecule has 1 aromatic heterocycles. The van der Waals surface area contributed by atoms with E-state index in [2.05, 4.69) is 10.4 Å². The number of carbonyl (C=O) groups excluding carboxylic acids is 1. The van der Waals surface area contributed by atoms with Crippen molar-refractivity contribution in [3.63, 3.8) is 0 Å². The molecule has 2 unspecified atom stereocenters. The van der Waals surface area contributed by atoms with Crippen LogP contribution in [0.1, 0.15) is 86.5 Å². The lowest BCUT2D eigenvalue weighted by atomic mass is 9.95. The van der Waals surface area contributed by atoms with Crippen molar-refractivity contribution in [1.82, 2.24) is 15.1 Å². The summed E-state index contributed by atoms with van der Waals surface area (Å²) in [5.41, 5.74) is 2.40. The summed E-state index contributed by atoms with van der Waals surface area (Å²) in [4.78, 5) is 24.0. The fourth-order valence-corrected chi connectivity index (χ4v) is 4.83. The van der Waals surface area contributed by atoms with E-state index in [4.69, 9.17) is 5.11 Å². The van der Waals surface area contributed by atoms with Gasteiger partial charge in [-0.2, -0.15) is 5.10 Å². The molecule has 0 spiro atoms. The number of benzene rings is 1. The summed E-state index contributed by atoms with van der Waals surface area (Å²) in [7, 11) is 0. The number of carboxylic acids is 1. The Morgan fingerprint density at radius 3 is 2.40 bits per heavy atom. The summed E-state index contributed by atoms with van der Waals surface area (Å²) >= 11 is 0. The van der Waals surface area contributed by atoms with Crippen molar-refractivity contribution in [2.24, 2.45) is 5.92 Å². The van der Waals surface area contributed by atoms with Gasteiger partial charge < -0.3 is 20.6 Å². The molecule has 4 N–H and O–H groups in total. The Morgan fingerprint density at radius 1 is 1.14 bits per heavy atom. The predicted molar refractivity (Wildman–Crippen MR) is 129 cm³/mol. The van der Waals surface area contributed by atoms with E-state index in [1.54, 1.807) is 16.8 Å². The molecule has 35 heavy (non-hydrogen) atoms. The van der Waals surface area contributed by atoms with Crippen LogP contribution in [0.2, 0.25) is 0 Å². The van der Waals surface area contributed by atoms with E-state index in [-0.39, 0.29) is 30.5 Å². The molecule has 1 saturated carbocycles. The van der Waals surface area contributed by atoms with Crippen LogP contribution in [-0.4, -0.2) is 55.7 Å². The van der Waals surface area contributed by atoms with Crippen LogP contribution in [0.25, 0.3) is 5.69 Å². The largest absolute Gasteiger partial charge is 0.481 e. The molecule has 192 valence electrons. The lowest BCUT2D eigenvalue weighted by molar-refractivity contribution is -0.139. The lowest BCUT2D eigenvalue weighted by Crippen LogP contribution is -2.29. The van der Waals surface area contributed by atoms with Crippen molar-refractivity contribution in [2.75, 3.05) is 6.54 Å². The van der Waals surface area contributed by atoms with E-state index >= 15 is 0 Å². The predicted octanol–water partition coefficient (Wildman–Crippen LogP) is 3.57. The number of hydrogen-bond donors (Lipinski definition) is 4. The molecule has 8 nitrogen and oxygen atoms in total. The number of rotatable bonds is 12. The summed E-state index contributed by atoms with van der Waals surface area (Å²) in [5.74, 6) is -1.33. The first kappa shape index (κ1) is 26.8. The van der Waals surface area contributed by atoms with Gasteiger partial charge in [-0.3, -0.25) is 9.59 Å². The molecule has 9 heteroatoms.